The molecule has 21 heavy (non-hydrogen) atoms. The maximum absolute atomic E-state index is 2.35. The van der Waals surface area contributed by atoms with Gasteiger partial charge in [-0.05, 0) is 49.5 Å². The Hall–Kier alpha value is -0.780. The molecule has 119 valence electrons. The molecule has 0 aromatic heterocycles. The first-order valence-corrected chi connectivity index (χ1v) is 8.94. The van der Waals surface area contributed by atoms with Crippen molar-refractivity contribution in [3.05, 3.63) is 41.3 Å². The zero-order valence-corrected chi connectivity index (χ0v) is 14.9. The number of hydrogen-bond donors (Lipinski definition) is 0. The summed E-state index contributed by atoms with van der Waals surface area (Å²) in [6.45, 7) is 11.5. The summed E-state index contributed by atoms with van der Waals surface area (Å²) < 4.78 is 0. The van der Waals surface area contributed by atoms with Crippen molar-refractivity contribution in [1.29, 1.82) is 0 Å². The van der Waals surface area contributed by atoms with Gasteiger partial charge in [0.15, 0.2) is 0 Å². The molecule has 0 N–H and O–H groups in total. The Labute approximate surface area is 133 Å². The van der Waals surface area contributed by atoms with Gasteiger partial charge in [0, 0.05) is 0 Å². The average Bonchev–Trinajstić information content (AvgIpc) is 2.44. The summed E-state index contributed by atoms with van der Waals surface area (Å²) in [6.07, 6.45) is 9.36. The summed E-state index contributed by atoms with van der Waals surface area (Å²) in [5.74, 6) is 3.34. The molecule has 0 heteroatoms. The Morgan fingerprint density at radius 1 is 1.00 bits per heavy atom. The lowest BCUT2D eigenvalue weighted by molar-refractivity contribution is 0.282. The number of aryl methyl sites for hydroxylation is 2. The molecule has 0 fully saturated rings. The second-order valence-corrected chi connectivity index (χ2v) is 6.90. The molecule has 1 radical (unpaired) electrons. The van der Waals surface area contributed by atoms with Crippen LogP contribution in [0, 0.1) is 24.7 Å². The minimum Gasteiger partial charge on any atom is -0.0654 e. The van der Waals surface area contributed by atoms with E-state index in [1.54, 1.807) is 5.92 Å². The van der Waals surface area contributed by atoms with Crippen molar-refractivity contribution in [3.63, 3.8) is 0 Å². The van der Waals surface area contributed by atoms with Crippen LogP contribution in [0.5, 0.6) is 0 Å². The molecule has 0 nitrogen and oxygen atoms in total. The van der Waals surface area contributed by atoms with E-state index in [0.717, 1.165) is 11.8 Å². The van der Waals surface area contributed by atoms with Crippen LogP contribution in [0.4, 0.5) is 0 Å². The molecule has 0 heterocycles. The summed E-state index contributed by atoms with van der Waals surface area (Å²) >= 11 is 0. The van der Waals surface area contributed by atoms with Crippen LogP contribution in [0.3, 0.4) is 0 Å². The van der Waals surface area contributed by atoms with E-state index >= 15 is 0 Å². The lowest BCUT2D eigenvalue weighted by atomic mass is 9.75. The Balaban J connectivity index is 2.65. The van der Waals surface area contributed by atoms with Crippen molar-refractivity contribution in [2.24, 2.45) is 11.8 Å². The minimum atomic E-state index is 0.828. The van der Waals surface area contributed by atoms with Crippen LogP contribution in [0.1, 0.15) is 77.3 Å². The quantitative estimate of drug-likeness (QED) is 0.445. The van der Waals surface area contributed by atoms with E-state index in [1.165, 1.54) is 56.1 Å². The molecule has 0 aliphatic heterocycles. The van der Waals surface area contributed by atoms with Gasteiger partial charge in [-0.15, -0.1) is 0 Å². The van der Waals surface area contributed by atoms with Crippen molar-refractivity contribution in [1.82, 2.24) is 0 Å². The van der Waals surface area contributed by atoms with Crippen molar-refractivity contribution < 1.29 is 0 Å². The van der Waals surface area contributed by atoms with Crippen LogP contribution >= 0.6 is 0 Å². The predicted octanol–water partition coefficient (Wildman–Crippen LogP) is 6.76. The van der Waals surface area contributed by atoms with Gasteiger partial charge in [0.05, 0.1) is 0 Å². The number of rotatable bonds is 10. The van der Waals surface area contributed by atoms with Gasteiger partial charge < -0.3 is 0 Å². The molecule has 0 aliphatic rings. The second-order valence-electron chi connectivity index (χ2n) is 6.90. The van der Waals surface area contributed by atoms with E-state index in [1.807, 2.05) is 0 Å². The molecule has 0 saturated heterocycles. The zero-order valence-electron chi connectivity index (χ0n) is 14.9. The largest absolute Gasteiger partial charge is 0.0654 e. The molecule has 0 spiro atoms. The number of benzene rings is 1. The second kappa shape index (κ2) is 10.0. The monoisotopic (exact) mass is 287 g/mol. The first-order chi connectivity index (χ1) is 10.1. The molecule has 2 atom stereocenters. The molecule has 0 aliphatic carbocycles. The van der Waals surface area contributed by atoms with Crippen LogP contribution in [0.15, 0.2) is 24.3 Å². The Morgan fingerprint density at radius 3 is 2.33 bits per heavy atom. The molecule has 0 saturated carbocycles. The van der Waals surface area contributed by atoms with Gasteiger partial charge in [-0.2, -0.15) is 0 Å². The van der Waals surface area contributed by atoms with Gasteiger partial charge in [-0.3, -0.25) is 0 Å². The van der Waals surface area contributed by atoms with Crippen LogP contribution in [0.2, 0.25) is 0 Å². The SMILES string of the molecule is CCCCC([C](C)C)C(CCC)CCc1cccc(C)c1. The summed E-state index contributed by atoms with van der Waals surface area (Å²) in [5.41, 5.74) is 2.90. The fourth-order valence-electron chi connectivity index (χ4n) is 3.56. The van der Waals surface area contributed by atoms with E-state index in [2.05, 4.69) is 58.9 Å². The van der Waals surface area contributed by atoms with Gasteiger partial charge >= 0.3 is 0 Å². The van der Waals surface area contributed by atoms with Crippen LogP contribution in [-0.2, 0) is 6.42 Å². The molecule has 1 aromatic carbocycles. The van der Waals surface area contributed by atoms with E-state index in [9.17, 15) is 0 Å². The van der Waals surface area contributed by atoms with Gasteiger partial charge in [0.2, 0.25) is 0 Å². The minimum absolute atomic E-state index is 0.828. The topological polar surface area (TPSA) is 0 Å². The van der Waals surface area contributed by atoms with Crippen LogP contribution in [0.25, 0.3) is 0 Å². The van der Waals surface area contributed by atoms with Gasteiger partial charge in [0.1, 0.15) is 0 Å². The van der Waals surface area contributed by atoms with E-state index in [0.29, 0.717) is 0 Å². The molecule has 1 aromatic rings. The number of unbranched alkanes of at least 4 members (excludes halogenated alkanes) is 1. The van der Waals surface area contributed by atoms with Crippen LogP contribution < -0.4 is 0 Å². The summed E-state index contributed by atoms with van der Waals surface area (Å²) in [6, 6.07) is 9.04. The van der Waals surface area contributed by atoms with Crippen LogP contribution in [-0.4, -0.2) is 0 Å². The molecule has 0 amide bonds. The predicted molar refractivity (Wildman–Crippen MR) is 95.5 cm³/mol. The maximum atomic E-state index is 2.35. The van der Waals surface area contributed by atoms with E-state index in [-0.39, 0.29) is 0 Å². The van der Waals surface area contributed by atoms with E-state index in [4.69, 9.17) is 0 Å². The van der Waals surface area contributed by atoms with E-state index < -0.39 is 0 Å². The molecular formula is C21H35. The normalized spacial score (nSPS) is 14.4. The molecular weight excluding hydrogens is 252 g/mol. The highest BCUT2D eigenvalue weighted by Gasteiger charge is 2.23. The average molecular weight is 288 g/mol. The van der Waals surface area contributed by atoms with Crippen molar-refractivity contribution in [2.45, 2.75) is 79.6 Å². The zero-order chi connectivity index (χ0) is 15.7. The van der Waals surface area contributed by atoms with Gasteiger partial charge in [0.25, 0.3) is 0 Å². The van der Waals surface area contributed by atoms with Crippen molar-refractivity contribution in [3.8, 4) is 0 Å². The fourth-order valence-corrected chi connectivity index (χ4v) is 3.56. The van der Waals surface area contributed by atoms with Gasteiger partial charge in [-0.1, -0.05) is 83.2 Å². The lowest BCUT2D eigenvalue weighted by Gasteiger charge is -2.30. The first-order valence-electron chi connectivity index (χ1n) is 8.94. The third kappa shape index (κ3) is 6.68. The maximum Gasteiger partial charge on any atom is -0.0269 e. The number of hydrogen-bond acceptors (Lipinski definition) is 0. The summed E-state index contributed by atoms with van der Waals surface area (Å²) in [7, 11) is 0. The van der Waals surface area contributed by atoms with Crippen molar-refractivity contribution in [2.75, 3.05) is 0 Å². The highest BCUT2D eigenvalue weighted by Crippen LogP contribution is 2.34. The first kappa shape index (κ1) is 18.3. The highest BCUT2D eigenvalue weighted by atomic mass is 14.3. The Bertz CT molecular complexity index is 377. The Kier molecular flexibility index (Phi) is 8.73. The van der Waals surface area contributed by atoms with Crippen molar-refractivity contribution >= 4 is 0 Å². The molecule has 1 rings (SSSR count). The highest BCUT2D eigenvalue weighted by molar-refractivity contribution is 5.22. The third-order valence-corrected chi connectivity index (χ3v) is 4.73. The summed E-state index contributed by atoms with van der Waals surface area (Å²) in [4.78, 5) is 0. The standard InChI is InChI=1S/C21H35/c1-6-8-13-21(17(3)4)20(10-7-2)15-14-19-12-9-11-18(5)16-19/h9,11-12,16,20-21H,6-8,10,13-15H2,1-5H3. The Morgan fingerprint density at radius 2 is 1.76 bits per heavy atom. The smallest absolute Gasteiger partial charge is 0.0269 e. The lowest BCUT2D eigenvalue weighted by Crippen LogP contribution is -2.20. The molecule has 0 bridgehead atoms. The fraction of sp³-hybridized carbons (Fsp3) is 0.667. The third-order valence-electron chi connectivity index (χ3n) is 4.73. The molecule has 2 unspecified atom stereocenters. The van der Waals surface area contributed by atoms with Gasteiger partial charge in [-0.25, -0.2) is 0 Å². The summed E-state index contributed by atoms with van der Waals surface area (Å²) in [5, 5.41) is 0.